The van der Waals surface area contributed by atoms with E-state index in [9.17, 15) is 24.0 Å². The van der Waals surface area contributed by atoms with Crippen molar-refractivity contribution in [2.75, 3.05) is 12.3 Å². The van der Waals surface area contributed by atoms with Crippen LogP contribution in [0.5, 0.6) is 0 Å². The van der Waals surface area contributed by atoms with Gasteiger partial charge in [-0.2, -0.15) is 11.8 Å². The monoisotopic (exact) mass is 454 g/mol. The van der Waals surface area contributed by atoms with Crippen molar-refractivity contribution in [3.05, 3.63) is 0 Å². The van der Waals surface area contributed by atoms with Crippen molar-refractivity contribution < 1.29 is 28.8 Å². The zero-order valence-electron chi connectivity index (χ0n) is 17.5. The highest BCUT2D eigenvalue weighted by Gasteiger charge is 2.42. The summed E-state index contributed by atoms with van der Waals surface area (Å²) in [5, 5.41) is 9.77. The van der Waals surface area contributed by atoms with E-state index in [4.69, 9.17) is 4.84 Å². The van der Waals surface area contributed by atoms with Gasteiger partial charge >= 0.3 is 12.0 Å². The van der Waals surface area contributed by atoms with E-state index in [0.29, 0.717) is 29.7 Å². The lowest BCUT2D eigenvalue weighted by molar-refractivity contribution is -0.197. The Labute approximate surface area is 185 Å². The summed E-state index contributed by atoms with van der Waals surface area (Å²) >= 11 is 1.88. The molecule has 3 atom stereocenters. The summed E-state index contributed by atoms with van der Waals surface area (Å²) in [4.78, 5) is 62.6. The number of urea groups is 1. The molecule has 3 rings (SSSR count). The van der Waals surface area contributed by atoms with Crippen molar-refractivity contribution in [1.29, 1.82) is 0 Å². The van der Waals surface area contributed by atoms with Gasteiger partial charge in [0.2, 0.25) is 5.91 Å². The molecular weight excluding hydrogens is 424 g/mol. The predicted molar refractivity (Wildman–Crippen MR) is 113 cm³/mol. The van der Waals surface area contributed by atoms with Gasteiger partial charge < -0.3 is 20.8 Å². The van der Waals surface area contributed by atoms with Gasteiger partial charge in [0.25, 0.3) is 11.8 Å². The van der Waals surface area contributed by atoms with Crippen LogP contribution in [0.4, 0.5) is 4.79 Å². The van der Waals surface area contributed by atoms with E-state index in [1.54, 1.807) is 0 Å². The molecule has 11 heteroatoms. The van der Waals surface area contributed by atoms with Gasteiger partial charge in [0.1, 0.15) is 0 Å². The van der Waals surface area contributed by atoms with Crippen LogP contribution in [-0.2, 0) is 24.0 Å². The Morgan fingerprint density at radius 2 is 1.74 bits per heavy atom. The number of carbonyl (C=O) groups excluding carboxylic acids is 5. The van der Waals surface area contributed by atoms with E-state index in [0.717, 1.165) is 37.9 Å². The third-order valence-electron chi connectivity index (χ3n) is 5.66. The normalized spacial score (nSPS) is 24.7. The minimum absolute atomic E-state index is 0.0262. The molecule has 3 aliphatic rings. The van der Waals surface area contributed by atoms with Gasteiger partial charge in [-0.3, -0.25) is 14.4 Å². The number of rotatable bonds is 12. The number of hydroxylamine groups is 2. The molecule has 0 bridgehead atoms. The molecule has 31 heavy (non-hydrogen) atoms. The van der Waals surface area contributed by atoms with E-state index in [-0.39, 0.29) is 43.3 Å². The zero-order chi connectivity index (χ0) is 22.2. The number of unbranched alkanes of at least 4 members (excludes halogenated alkanes) is 3. The van der Waals surface area contributed by atoms with Gasteiger partial charge in [-0.15, -0.1) is 5.06 Å². The molecule has 0 aliphatic carbocycles. The molecule has 3 aliphatic heterocycles. The summed E-state index contributed by atoms with van der Waals surface area (Å²) in [6, 6.07) is 0.367. The highest BCUT2D eigenvalue weighted by atomic mass is 32.2. The van der Waals surface area contributed by atoms with Crippen LogP contribution in [0, 0.1) is 0 Å². The fraction of sp³-hybridized carbons (Fsp3) is 0.750. The van der Waals surface area contributed by atoms with E-state index < -0.39 is 17.8 Å². The summed E-state index contributed by atoms with van der Waals surface area (Å²) in [6.07, 6.45) is 5.60. The number of hydrogen-bond donors (Lipinski definition) is 3. The number of nitrogens with one attached hydrogen (secondary N) is 3. The number of nitrogens with zero attached hydrogens (tertiary/aromatic N) is 1. The summed E-state index contributed by atoms with van der Waals surface area (Å²) in [6.45, 7) is 0.552. The number of amides is 5. The van der Waals surface area contributed by atoms with Crippen LogP contribution in [0.25, 0.3) is 0 Å². The average molecular weight is 455 g/mol. The van der Waals surface area contributed by atoms with E-state index >= 15 is 0 Å². The van der Waals surface area contributed by atoms with Crippen LogP contribution in [0.1, 0.15) is 64.2 Å². The number of hydrogen-bond acceptors (Lipinski definition) is 7. The number of thioether (sulfide) groups is 1. The molecule has 3 N–H and O–H groups in total. The second-order valence-corrected chi connectivity index (χ2v) is 9.35. The molecule has 0 aromatic carbocycles. The SMILES string of the molecule is O=C(CCCC[C@H]1SCC2NC(=O)NC21)NCCCCCC(=O)ON1C(=O)CCC1=O. The molecule has 0 aromatic heterocycles. The van der Waals surface area contributed by atoms with Gasteiger partial charge in [-0.1, -0.05) is 12.8 Å². The molecule has 0 spiro atoms. The maximum absolute atomic E-state index is 11.9. The van der Waals surface area contributed by atoms with Crippen molar-refractivity contribution in [1.82, 2.24) is 21.0 Å². The van der Waals surface area contributed by atoms with Crippen molar-refractivity contribution in [2.45, 2.75) is 81.5 Å². The second-order valence-electron chi connectivity index (χ2n) is 8.07. The first-order valence-electron chi connectivity index (χ1n) is 11.0. The molecular formula is C20H30N4O6S. The maximum Gasteiger partial charge on any atom is 0.333 e. The average Bonchev–Trinajstić information content (AvgIpc) is 3.38. The van der Waals surface area contributed by atoms with Gasteiger partial charge in [-0.05, 0) is 25.7 Å². The summed E-state index contributed by atoms with van der Waals surface area (Å²) in [5.41, 5.74) is 0. The zero-order valence-corrected chi connectivity index (χ0v) is 18.3. The van der Waals surface area contributed by atoms with Gasteiger partial charge in [0.15, 0.2) is 0 Å². The molecule has 3 heterocycles. The minimum atomic E-state index is -0.590. The third-order valence-corrected chi connectivity index (χ3v) is 7.17. The highest BCUT2D eigenvalue weighted by Crippen LogP contribution is 2.33. The first kappa shape index (κ1) is 23.4. The highest BCUT2D eigenvalue weighted by molar-refractivity contribution is 8.00. The van der Waals surface area contributed by atoms with Gasteiger partial charge in [0, 0.05) is 43.2 Å². The van der Waals surface area contributed by atoms with Crippen molar-refractivity contribution in [3.8, 4) is 0 Å². The molecule has 3 saturated heterocycles. The van der Waals surface area contributed by atoms with E-state index in [1.807, 2.05) is 11.8 Å². The van der Waals surface area contributed by atoms with E-state index in [1.165, 1.54) is 0 Å². The summed E-state index contributed by atoms with van der Waals surface area (Å²) in [5.74, 6) is -0.574. The topological polar surface area (TPSA) is 134 Å². The first-order chi connectivity index (χ1) is 14.9. The van der Waals surface area contributed by atoms with Crippen LogP contribution in [0.2, 0.25) is 0 Å². The van der Waals surface area contributed by atoms with Gasteiger partial charge in [0.05, 0.1) is 12.1 Å². The summed E-state index contributed by atoms with van der Waals surface area (Å²) in [7, 11) is 0. The Kier molecular flexibility index (Phi) is 8.56. The minimum Gasteiger partial charge on any atom is -0.356 e. The van der Waals surface area contributed by atoms with Crippen LogP contribution >= 0.6 is 11.8 Å². The van der Waals surface area contributed by atoms with Crippen molar-refractivity contribution in [2.24, 2.45) is 0 Å². The predicted octanol–water partition coefficient (Wildman–Crippen LogP) is 0.996. The summed E-state index contributed by atoms with van der Waals surface area (Å²) < 4.78 is 0. The molecule has 0 aromatic rings. The van der Waals surface area contributed by atoms with Crippen LogP contribution in [-0.4, -0.2) is 64.4 Å². The molecule has 2 unspecified atom stereocenters. The number of imide groups is 1. The molecule has 5 amide bonds. The van der Waals surface area contributed by atoms with Crippen LogP contribution < -0.4 is 16.0 Å². The lowest BCUT2D eigenvalue weighted by Crippen LogP contribution is -2.36. The lowest BCUT2D eigenvalue weighted by Gasteiger charge is -2.16. The largest absolute Gasteiger partial charge is 0.356 e. The van der Waals surface area contributed by atoms with E-state index in [2.05, 4.69) is 16.0 Å². The second kappa shape index (κ2) is 11.4. The molecule has 0 saturated carbocycles. The van der Waals surface area contributed by atoms with Crippen molar-refractivity contribution in [3.63, 3.8) is 0 Å². The fourth-order valence-corrected chi connectivity index (χ4v) is 5.51. The number of fused-ring (bicyclic) bond motifs is 1. The Hall–Kier alpha value is -2.30. The maximum atomic E-state index is 11.9. The molecule has 0 radical (unpaired) electrons. The first-order valence-corrected chi connectivity index (χ1v) is 12.0. The standard InChI is InChI=1S/C20H30N4O6S/c25-15(7-4-3-6-14-19-13(12-31-14)22-20(29)23-19)21-11-5-1-2-8-18(28)30-24-16(26)9-10-17(24)27/h13-14,19H,1-12H2,(H,21,25)(H2,22,23,29)/t13?,14-,19?/m1/s1. The van der Waals surface area contributed by atoms with Crippen molar-refractivity contribution >= 4 is 41.5 Å². The Bertz CT molecular complexity index is 702. The smallest absolute Gasteiger partial charge is 0.333 e. The Morgan fingerprint density at radius 3 is 2.52 bits per heavy atom. The quantitative estimate of drug-likeness (QED) is 0.227. The Balaban J connectivity index is 1.15. The molecule has 3 fully saturated rings. The number of carbonyl (C=O) groups is 5. The Morgan fingerprint density at radius 1 is 1.00 bits per heavy atom. The van der Waals surface area contributed by atoms with Crippen LogP contribution in [0.15, 0.2) is 0 Å². The molecule has 172 valence electrons. The lowest BCUT2D eigenvalue weighted by atomic mass is 10.0. The van der Waals surface area contributed by atoms with Crippen LogP contribution in [0.3, 0.4) is 0 Å². The molecule has 10 nitrogen and oxygen atoms in total. The van der Waals surface area contributed by atoms with Gasteiger partial charge in [-0.25, -0.2) is 9.59 Å². The third kappa shape index (κ3) is 6.84. The fourth-order valence-electron chi connectivity index (χ4n) is 3.97.